The van der Waals surface area contributed by atoms with Gasteiger partial charge in [0.25, 0.3) is 5.91 Å². The molecular formula is C14H16Br2INO. The predicted octanol–water partition coefficient (Wildman–Crippen LogP) is 4.69. The van der Waals surface area contributed by atoms with E-state index < -0.39 is 0 Å². The van der Waals surface area contributed by atoms with Crippen LogP contribution in [0.3, 0.4) is 0 Å². The smallest absolute Gasteiger partial charge is 0.254 e. The van der Waals surface area contributed by atoms with Gasteiger partial charge < -0.3 is 4.90 Å². The van der Waals surface area contributed by atoms with Gasteiger partial charge in [-0.05, 0) is 66.0 Å². The zero-order valence-electron chi connectivity index (χ0n) is 10.5. The van der Waals surface area contributed by atoms with Gasteiger partial charge in [0.05, 0.1) is 5.56 Å². The highest BCUT2D eigenvalue weighted by Crippen LogP contribution is 2.25. The summed E-state index contributed by atoms with van der Waals surface area (Å²) in [6.45, 7) is 1.78. The molecule has 0 spiro atoms. The van der Waals surface area contributed by atoms with E-state index in [1.807, 2.05) is 23.1 Å². The number of hydrogen-bond donors (Lipinski definition) is 0. The number of carbonyl (C=O) groups is 1. The van der Waals surface area contributed by atoms with E-state index in [0.717, 1.165) is 44.9 Å². The molecule has 1 heterocycles. The van der Waals surface area contributed by atoms with Crippen molar-refractivity contribution < 1.29 is 4.79 Å². The molecule has 1 aliphatic heterocycles. The van der Waals surface area contributed by atoms with Crippen molar-refractivity contribution in [3.8, 4) is 0 Å². The van der Waals surface area contributed by atoms with Gasteiger partial charge in [0.2, 0.25) is 0 Å². The number of nitrogens with zero attached hydrogens (tertiary/aromatic N) is 1. The maximum absolute atomic E-state index is 12.6. The van der Waals surface area contributed by atoms with E-state index in [0.29, 0.717) is 5.92 Å². The van der Waals surface area contributed by atoms with Gasteiger partial charge in [0, 0.05) is 26.5 Å². The molecule has 1 atom stereocenters. The number of benzene rings is 1. The summed E-state index contributed by atoms with van der Waals surface area (Å²) in [4.78, 5) is 14.6. The summed E-state index contributed by atoms with van der Waals surface area (Å²) in [5.74, 6) is 0.812. The lowest BCUT2D eigenvalue weighted by atomic mass is 9.95. The summed E-state index contributed by atoms with van der Waals surface area (Å²) in [6, 6.07) is 5.89. The summed E-state index contributed by atoms with van der Waals surface area (Å²) in [7, 11) is 0. The zero-order chi connectivity index (χ0) is 13.8. The van der Waals surface area contributed by atoms with Crippen molar-refractivity contribution >= 4 is 60.4 Å². The first-order valence-corrected chi connectivity index (χ1v) is 9.41. The van der Waals surface area contributed by atoms with Crippen molar-refractivity contribution in [1.82, 2.24) is 4.90 Å². The SMILES string of the molecule is O=C(c1cc(Br)ccc1I)N1CCCC(CCBr)C1. The monoisotopic (exact) mass is 499 g/mol. The highest BCUT2D eigenvalue weighted by atomic mass is 127. The summed E-state index contributed by atoms with van der Waals surface area (Å²) in [5.41, 5.74) is 0.814. The summed E-state index contributed by atoms with van der Waals surface area (Å²) in [6.07, 6.45) is 3.51. The van der Waals surface area contributed by atoms with E-state index >= 15 is 0 Å². The van der Waals surface area contributed by atoms with Gasteiger partial charge in [-0.25, -0.2) is 0 Å². The van der Waals surface area contributed by atoms with Gasteiger partial charge in [-0.2, -0.15) is 0 Å². The minimum absolute atomic E-state index is 0.171. The lowest BCUT2D eigenvalue weighted by molar-refractivity contribution is 0.0671. The van der Waals surface area contributed by atoms with Crippen molar-refractivity contribution in [2.45, 2.75) is 19.3 Å². The van der Waals surface area contributed by atoms with Crippen LogP contribution in [0, 0.1) is 9.49 Å². The van der Waals surface area contributed by atoms with Crippen LogP contribution < -0.4 is 0 Å². The van der Waals surface area contributed by atoms with E-state index in [1.165, 1.54) is 6.42 Å². The van der Waals surface area contributed by atoms with Crippen LogP contribution in [-0.2, 0) is 0 Å². The maximum Gasteiger partial charge on any atom is 0.254 e. The molecular weight excluding hydrogens is 485 g/mol. The Hall–Kier alpha value is 0.380. The lowest BCUT2D eigenvalue weighted by Gasteiger charge is -2.33. The molecule has 0 aromatic heterocycles. The van der Waals surface area contributed by atoms with Gasteiger partial charge in [-0.15, -0.1) is 0 Å². The summed E-state index contributed by atoms with van der Waals surface area (Å²) >= 11 is 9.18. The minimum Gasteiger partial charge on any atom is -0.338 e. The van der Waals surface area contributed by atoms with Crippen LogP contribution >= 0.6 is 54.5 Å². The fourth-order valence-electron chi connectivity index (χ4n) is 2.47. The Kier molecular flexibility index (Phi) is 6.14. The number of carbonyl (C=O) groups excluding carboxylic acids is 1. The second-order valence-corrected chi connectivity index (χ2v) is 7.73. The van der Waals surface area contributed by atoms with E-state index in [9.17, 15) is 4.79 Å². The number of alkyl halides is 1. The van der Waals surface area contributed by atoms with Crippen molar-refractivity contribution in [3.05, 3.63) is 31.8 Å². The third-order valence-electron chi connectivity index (χ3n) is 3.48. The van der Waals surface area contributed by atoms with Crippen LogP contribution in [0.15, 0.2) is 22.7 Å². The van der Waals surface area contributed by atoms with E-state index in [-0.39, 0.29) is 5.91 Å². The Morgan fingerprint density at radius 2 is 2.26 bits per heavy atom. The number of piperidine rings is 1. The number of hydrogen-bond acceptors (Lipinski definition) is 1. The highest BCUT2D eigenvalue weighted by Gasteiger charge is 2.25. The van der Waals surface area contributed by atoms with Gasteiger partial charge in [0.15, 0.2) is 0 Å². The molecule has 1 unspecified atom stereocenters. The van der Waals surface area contributed by atoms with Crippen LogP contribution in [0.1, 0.15) is 29.6 Å². The molecule has 1 aromatic rings. The summed E-state index contributed by atoms with van der Waals surface area (Å²) in [5, 5.41) is 1.02. The minimum atomic E-state index is 0.171. The molecule has 0 saturated carbocycles. The normalized spacial score (nSPS) is 19.5. The molecule has 1 aromatic carbocycles. The molecule has 1 aliphatic rings. The van der Waals surface area contributed by atoms with E-state index in [2.05, 4.69) is 54.5 Å². The first kappa shape index (κ1) is 15.8. The van der Waals surface area contributed by atoms with Gasteiger partial charge in [-0.1, -0.05) is 31.9 Å². The third kappa shape index (κ3) is 4.17. The number of amides is 1. The largest absolute Gasteiger partial charge is 0.338 e. The Balaban J connectivity index is 2.12. The van der Waals surface area contributed by atoms with Gasteiger partial charge in [-0.3, -0.25) is 4.79 Å². The van der Waals surface area contributed by atoms with Crippen LogP contribution in [0.2, 0.25) is 0 Å². The summed E-state index contributed by atoms with van der Waals surface area (Å²) < 4.78 is 1.98. The number of rotatable bonds is 3. The van der Waals surface area contributed by atoms with Crippen LogP contribution in [-0.4, -0.2) is 29.2 Å². The van der Waals surface area contributed by atoms with Gasteiger partial charge in [0.1, 0.15) is 0 Å². The lowest BCUT2D eigenvalue weighted by Crippen LogP contribution is -2.40. The molecule has 0 N–H and O–H groups in total. The van der Waals surface area contributed by atoms with Crippen molar-refractivity contribution in [2.24, 2.45) is 5.92 Å². The Morgan fingerprint density at radius 1 is 1.47 bits per heavy atom. The average Bonchev–Trinajstić information content (AvgIpc) is 2.41. The molecule has 1 fully saturated rings. The molecule has 104 valence electrons. The quantitative estimate of drug-likeness (QED) is 0.435. The third-order valence-corrected chi connectivity index (χ3v) is 5.37. The average molecular weight is 501 g/mol. The second kappa shape index (κ2) is 7.41. The molecule has 1 amide bonds. The van der Waals surface area contributed by atoms with Gasteiger partial charge >= 0.3 is 0 Å². The number of likely N-dealkylation sites (tertiary alicyclic amines) is 1. The molecule has 5 heteroatoms. The zero-order valence-corrected chi connectivity index (χ0v) is 15.9. The highest BCUT2D eigenvalue weighted by molar-refractivity contribution is 14.1. The molecule has 19 heavy (non-hydrogen) atoms. The fourth-order valence-corrected chi connectivity index (χ4v) is 4.05. The maximum atomic E-state index is 12.6. The Bertz CT molecular complexity index is 465. The van der Waals surface area contributed by atoms with Crippen LogP contribution in [0.5, 0.6) is 0 Å². The van der Waals surface area contributed by atoms with Crippen molar-refractivity contribution in [1.29, 1.82) is 0 Å². The first-order valence-electron chi connectivity index (χ1n) is 6.42. The Morgan fingerprint density at radius 3 is 3.00 bits per heavy atom. The van der Waals surface area contributed by atoms with E-state index in [4.69, 9.17) is 0 Å². The fraction of sp³-hybridized carbons (Fsp3) is 0.500. The standard InChI is InChI=1S/C14H16Br2INO/c15-6-5-10-2-1-7-18(9-10)14(19)12-8-11(16)3-4-13(12)17/h3-4,8,10H,1-2,5-7,9H2. The predicted molar refractivity (Wildman–Crippen MR) is 93.9 cm³/mol. The first-order chi connectivity index (χ1) is 9.11. The molecule has 0 aliphatic carbocycles. The second-order valence-electron chi connectivity index (χ2n) is 4.86. The molecule has 2 nitrogen and oxygen atoms in total. The Labute approximate surface area is 144 Å². The van der Waals surface area contributed by atoms with E-state index in [1.54, 1.807) is 0 Å². The molecule has 0 radical (unpaired) electrons. The molecule has 2 rings (SSSR count). The van der Waals surface area contributed by atoms with Crippen molar-refractivity contribution in [2.75, 3.05) is 18.4 Å². The topological polar surface area (TPSA) is 20.3 Å². The van der Waals surface area contributed by atoms with Crippen LogP contribution in [0.4, 0.5) is 0 Å². The number of halogens is 3. The van der Waals surface area contributed by atoms with Crippen molar-refractivity contribution in [3.63, 3.8) is 0 Å². The van der Waals surface area contributed by atoms with Crippen LogP contribution in [0.25, 0.3) is 0 Å². The molecule has 1 saturated heterocycles. The molecule has 0 bridgehead atoms.